The van der Waals surface area contributed by atoms with Crippen LogP contribution in [0.15, 0.2) is 84.1 Å². The van der Waals surface area contributed by atoms with E-state index in [1.165, 1.54) is 10.6 Å². The summed E-state index contributed by atoms with van der Waals surface area (Å²) < 4.78 is 11.9. The first-order valence-corrected chi connectivity index (χ1v) is 13.8. The number of fused-ring (bicyclic) bond motifs is 1. The van der Waals surface area contributed by atoms with Crippen molar-refractivity contribution in [2.24, 2.45) is 0 Å². The molecule has 1 aliphatic rings. The average molecular weight is 501 g/mol. The van der Waals surface area contributed by atoms with Gasteiger partial charge in [0.15, 0.2) is 0 Å². The van der Waals surface area contributed by atoms with Crippen molar-refractivity contribution < 1.29 is 9.47 Å². The van der Waals surface area contributed by atoms with Gasteiger partial charge in [0.25, 0.3) is 0 Å². The van der Waals surface area contributed by atoms with Gasteiger partial charge in [0.2, 0.25) is 0 Å². The van der Waals surface area contributed by atoms with Crippen molar-refractivity contribution in [3.63, 3.8) is 0 Å². The Morgan fingerprint density at radius 1 is 1.14 bits per heavy atom. The second kappa shape index (κ2) is 11.8. The predicted octanol–water partition coefficient (Wildman–Crippen LogP) is 7.60. The van der Waals surface area contributed by atoms with Crippen LogP contribution in [0, 0.1) is 0 Å². The molecule has 0 aliphatic carbocycles. The van der Waals surface area contributed by atoms with Gasteiger partial charge in [-0.25, -0.2) is 0 Å². The number of rotatable bonds is 8. The SMILES string of the molecule is C=C/C(=C\C=C(/CC)N1CC(C)OC(C)C1)c1cnc2c(-c3ccc(SC)cc3)cccc2c1OC. The number of aromatic nitrogens is 1. The van der Waals surface area contributed by atoms with Crippen LogP contribution in [0.5, 0.6) is 5.75 Å². The van der Waals surface area contributed by atoms with Crippen LogP contribution in [0.4, 0.5) is 0 Å². The molecule has 0 saturated carbocycles. The van der Waals surface area contributed by atoms with Gasteiger partial charge in [-0.2, -0.15) is 0 Å². The van der Waals surface area contributed by atoms with Crippen molar-refractivity contribution in [2.45, 2.75) is 44.3 Å². The summed E-state index contributed by atoms with van der Waals surface area (Å²) >= 11 is 1.74. The second-order valence-electron chi connectivity index (χ2n) is 9.14. The first-order valence-electron chi connectivity index (χ1n) is 12.5. The first kappa shape index (κ1) is 26.1. The van der Waals surface area contributed by atoms with E-state index < -0.39 is 0 Å². The van der Waals surface area contributed by atoms with E-state index in [1.807, 2.05) is 12.3 Å². The smallest absolute Gasteiger partial charge is 0.137 e. The third kappa shape index (κ3) is 5.53. The Hall–Kier alpha value is -3.02. The minimum absolute atomic E-state index is 0.225. The Morgan fingerprint density at radius 3 is 2.47 bits per heavy atom. The average Bonchev–Trinajstić information content (AvgIpc) is 2.90. The number of ether oxygens (including phenoxy) is 2. The molecular formula is C31H36N2O2S. The highest BCUT2D eigenvalue weighted by molar-refractivity contribution is 7.98. The molecule has 1 aliphatic heterocycles. The molecule has 0 spiro atoms. The molecular weight excluding hydrogens is 464 g/mol. The molecule has 3 aromatic rings. The monoisotopic (exact) mass is 500 g/mol. The molecule has 0 N–H and O–H groups in total. The largest absolute Gasteiger partial charge is 0.495 e. The van der Waals surface area contributed by atoms with Crippen molar-refractivity contribution in [3.8, 4) is 16.9 Å². The predicted molar refractivity (Wildman–Crippen MR) is 154 cm³/mol. The third-order valence-corrected chi connectivity index (χ3v) is 7.37. The lowest BCUT2D eigenvalue weighted by atomic mass is 9.98. The quantitative estimate of drug-likeness (QED) is 0.235. The van der Waals surface area contributed by atoms with Gasteiger partial charge in [0.1, 0.15) is 5.75 Å². The number of pyridine rings is 1. The van der Waals surface area contributed by atoms with E-state index in [0.29, 0.717) is 0 Å². The number of hydrogen-bond acceptors (Lipinski definition) is 5. The fourth-order valence-corrected chi connectivity index (χ4v) is 5.35. The Labute approximate surface area is 219 Å². The fourth-order valence-electron chi connectivity index (χ4n) is 4.94. The summed E-state index contributed by atoms with van der Waals surface area (Å²) in [5.41, 5.74) is 6.38. The molecule has 36 heavy (non-hydrogen) atoms. The molecule has 2 atom stereocenters. The van der Waals surface area contributed by atoms with Crippen LogP contribution < -0.4 is 4.74 Å². The van der Waals surface area contributed by atoms with Gasteiger partial charge in [0, 0.05) is 46.4 Å². The van der Waals surface area contributed by atoms with Crippen molar-refractivity contribution in [1.29, 1.82) is 0 Å². The third-order valence-electron chi connectivity index (χ3n) is 6.63. The normalized spacial score (nSPS) is 19.0. The van der Waals surface area contributed by atoms with Gasteiger partial charge in [-0.3, -0.25) is 4.98 Å². The summed E-state index contributed by atoms with van der Waals surface area (Å²) in [6.45, 7) is 12.4. The number of methoxy groups -OCH3 is 1. The summed E-state index contributed by atoms with van der Waals surface area (Å²) in [7, 11) is 1.72. The summed E-state index contributed by atoms with van der Waals surface area (Å²) in [6.07, 6.45) is 11.6. The molecule has 4 nitrogen and oxygen atoms in total. The summed E-state index contributed by atoms with van der Waals surface area (Å²) in [6, 6.07) is 14.9. The Kier molecular flexibility index (Phi) is 8.55. The zero-order valence-electron chi connectivity index (χ0n) is 22.0. The van der Waals surface area contributed by atoms with Crippen LogP contribution in [-0.4, -0.2) is 48.5 Å². The topological polar surface area (TPSA) is 34.6 Å². The van der Waals surface area contributed by atoms with Crippen LogP contribution >= 0.6 is 11.8 Å². The molecule has 2 aromatic carbocycles. The summed E-state index contributed by atoms with van der Waals surface area (Å²) in [5.74, 6) is 0.814. The Morgan fingerprint density at radius 2 is 1.86 bits per heavy atom. The van der Waals surface area contributed by atoms with Gasteiger partial charge < -0.3 is 14.4 Å². The molecule has 2 unspecified atom stereocenters. The van der Waals surface area contributed by atoms with Crippen molar-refractivity contribution in [3.05, 3.63) is 84.7 Å². The van der Waals surface area contributed by atoms with E-state index in [1.54, 1.807) is 18.9 Å². The minimum Gasteiger partial charge on any atom is -0.495 e. The van der Waals surface area contributed by atoms with Gasteiger partial charge in [-0.05, 0) is 61.9 Å². The van der Waals surface area contributed by atoms with Crippen LogP contribution in [0.1, 0.15) is 32.8 Å². The highest BCUT2D eigenvalue weighted by Gasteiger charge is 2.23. The fraction of sp³-hybridized carbons (Fsp3) is 0.323. The molecule has 0 bridgehead atoms. The van der Waals surface area contributed by atoms with Crippen LogP contribution in [0.25, 0.3) is 27.6 Å². The van der Waals surface area contributed by atoms with Crippen LogP contribution in [0.2, 0.25) is 0 Å². The zero-order valence-corrected chi connectivity index (χ0v) is 22.8. The highest BCUT2D eigenvalue weighted by Crippen LogP contribution is 2.37. The number of thioether (sulfide) groups is 1. The Bertz CT molecular complexity index is 1270. The highest BCUT2D eigenvalue weighted by atomic mass is 32.2. The molecule has 188 valence electrons. The van der Waals surface area contributed by atoms with Gasteiger partial charge in [0.05, 0.1) is 24.8 Å². The molecule has 4 rings (SSSR count). The van der Waals surface area contributed by atoms with Crippen LogP contribution in [-0.2, 0) is 4.74 Å². The minimum atomic E-state index is 0.225. The maximum absolute atomic E-state index is 5.97. The molecule has 1 fully saturated rings. The first-order chi connectivity index (χ1) is 17.5. The molecule has 0 amide bonds. The number of benzene rings is 2. The molecule has 0 radical (unpaired) electrons. The maximum atomic E-state index is 5.97. The molecule has 5 heteroatoms. The summed E-state index contributed by atoms with van der Waals surface area (Å²) in [5, 5.41) is 0.990. The Balaban J connectivity index is 1.75. The van der Waals surface area contributed by atoms with Gasteiger partial charge in [-0.15, -0.1) is 11.8 Å². The maximum Gasteiger partial charge on any atom is 0.137 e. The van der Waals surface area contributed by atoms with E-state index >= 15 is 0 Å². The summed E-state index contributed by atoms with van der Waals surface area (Å²) in [4.78, 5) is 8.59. The number of para-hydroxylation sites is 1. The lowest BCUT2D eigenvalue weighted by Gasteiger charge is -2.38. The standard InChI is InChI=1S/C31H36N2O2S/c1-7-23(12-15-25(8-2)33-19-21(3)35-22(4)20-33)29-18-32-30-27(10-9-11-28(30)31(29)34-5)24-13-16-26(36-6)17-14-24/h7,9-18,21-22H,1,8,19-20H2,2-6H3/b23-12+,25-15+. The molecule has 1 aromatic heterocycles. The number of nitrogens with zero attached hydrogens (tertiary/aromatic N) is 2. The van der Waals surface area contributed by atoms with Gasteiger partial charge >= 0.3 is 0 Å². The van der Waals surface area contributed by atoms with Crippen molar-refractivity contribution in [1.82, 2.24) is 9.88 Å². The van der Waals surface area contributed by atoms with E-state index in [4.69, 9.17) is 14.5 Å². The van der Waals surface area contributed by atoms with E-state index in [0.717, 1.165) is 58.4 Å². The van der Waals surface area contributed by atoms with E-state index in [9.17, 15) is 0 Å². The van der Waals surface area contributed by atoms with Crippen LogP contribution in [0.3, 0.4) is 0 Å². The molecule has 1 saturated heterocycles. The van der Waals surface area contributed by atoms with Crippen molar-refractivity contribution >= 4 is 28.2 Å². The number of morpholine rings is 1. The zero-order chi connectivity index (χ0) is 25.7. The lowest BCUT2D eigenvalue weighted by Crippen LogP contribution is -2.44. The van der Waals surface area contributed by atoms with E-state index in [-0.39, 0.29) is 12.2 Å². The van der Waals surface area contributed by atoms with Gasteiger partial charge in [-0.1, -0.05) is 49.9 Å². The lowest BCUT2D eigenvalue weighted by molar-refractivity contribution is -0.0584. The molecule has 2 heterocycles. The van der Waals surface area contributed by atoms with E-state index in [2.05, 4.69) is 93.1 Å². The number of hydrogen-bond donors (Lipinski definition) is 0. The van der Waals surface area contributed by atoms with Crippen molar-refractivity contribution in [2.75, 3.05) is 26.5 Å². The number of allylic oxidation sites excluding steroid dienone is 5. The second-order valence-corrected chi connectivity index (χ2v) is 10.0.